The molecule has 0 aromatic heterocycles. The van der Waals surface area contributed by atoms with Crippen LogP contribution >= 0.6 is 0 Å². The van der Waals surface area contributed by atoms with Crippen LogP contribution in [0.4, 0.5) is 0 Å². The fourth-order valence-electron chi connectivity index (χ4n) is 5.57. The normalized spacial score (nSPS) is 59.9. The highest BCUT2D eigenvalue weighted by Crippen LogP contribution is 2.69. The van der Waals surface area contributed by atoms with Crippen LogP contribution in [0.2, 0.25) is 0 Å². The molecule has 4 rings (SSSR count). The summed E-state index contributed by atoms with van der Waals surface area (Å²) in [6.07, 6.45) is 7.73. The van der Waals surface area contributed by atoms with E-state index in [1.165, 1.54) is 38.5 Å². The average Bonchev–Trinajstić information content (AvgIpc) is 1.97. The molecule has 0 radical (unpaired) electrons. The maximum atomic E-state index is 9.41. The first kappa shape index (κ1) is 8.77. The van der Waals surface area contributed by atoms with Crippen molar-refractivity contribution >= 4 is 0 Å². The van der Waals surface area contributed by atoms with Crippen LogP contribution in [-0.4, -0.2) is 0 Å². The molecule has 4 aliphatic carbocycles. The molecule has 0 aromatic rings. The summed E-state index contributed by atoms with van der Waals surface area (Å²) in [5.74, 6) is 0.862. The van der Waals surface area contributed by atoms with E-state index in [0.717, 1.165) is 5.92 Å². The van der Waals surface area contributed by atoms with Crippen LogP contribution in [0.5, 0.6) is 0 Å². The molecule has 4 fully saturated rings. The Hall–Kier alpha value is -0.510. The SMILES string of the molecule is CC12CC3CC(C)(C1)CC(C#N)(C3)C2. The fraction of sp³-hybridized carbons (Fsp3) is 0.923. The summed E-state index contributed by atoms with van der Waals surface area (Å²) in [7, 11) is 0. The van der Waals surface area contributed by atoms with Crippen molar-refractivity contribution in [3.63, 3.8) is 0 Å². The highest BCUT2D eigenvalue weighted by molar-refractivity contribution is 5.17. The molecule has 0 spiro atoms. The Morgan fingerprint density at radius 3 is 2.00 bits per heavy atom. The van der Waals surface area contributed by atoms with Gasteiger partial charge in [0.05, 0.1) is 11.5 Å². The van der Waals surface area contributed by atoms with E-state index >= 15 is 0 Å². The van der Waals surface area contributed by atoms with Crippen molar-refractivity contribution in [3.05, 3.63) is 0 Å². The molecular formula is C13H19N. The first-order valence-corrected chi connectivity index (χ1v) is 5.88. The molecule has 0 N–H and O–H groups in total. The zero-order valence-electron chi connectivity index (χ0n) is 9.27. The zero-order valence-corrected chi connectivity index (χ0v) is 9.27. The topological polar surface area (TPSA) is 23.8 Å². The molecule has 4 aliphatic rings. The lowest BCUT2D eigenvalue weighted by molar-refractivity contribution is -0.121. The minimum atomic E-state index is 0.0723. The van der Waals surface area contributed by atoms with Crippen molar-refractivity contribution in [2.45, 2.75) is 52.4 Å². The van der Waals surface area contributed by atoms with Crippen molar-refractivity contribution < 1.29 is 0 Å². The Labute approximate surface area is 86.5 Å². The molecule has 0 amide bonds. The molecular weight excluding hydrogens is 170 g/mol. The van der Waals surface area contributed by atoms with E-state index in [2.05, 4.69) is 19.9 Å². The van der Waals surface area contributed by atoms with E-state index in [1.807, 2.05) is 0 Å². The molecule has 4 saturated carbocycles. The van der Waals surface area contributed by atoms with Gasteiger partial charge in [0.2, 0.25) is 0 Å². The number of rotatable bonds is 0. The summed E-state index contributed by atoms with van der Waals surface area (Å²) in [6.45, 7) is 4.84. The van der Waals surface area contributed by atoms with E-state index in [0.29, 0.717) is 10.8 Å². The van der Waals surface area contributed by atoms with Crippen molar-refractivity contribution in [1.29, 1.82) is 5.26 Å². The maximum Gasteiger partial charge on any atom is 0.0690 e. The summed E-state index contributed by atoms with van der Waals surface area (Å²) in [5, 5.41) is 9.41. The third-order valence-electron chi connectivity index (χ3n) is 4.86. The van der Waals surface area contributed by atoms with Crippen LogP contribution in [0, 0.1) is 33.5 Å². The van der Waals surface area contributed by atoms with Gasteiger partial charge in [0, 0.05) is 0 Å². The third kappa shape index (κ3) is 1.00. The van der Waals surface area contributed by atoms with Gasteiger partial charge >= 0.3 is 0 Å². The molecule has 0 aliphatic heterocycles. The summed E-state index contributed by atoms with van der Waals surface area (Å²) in [5.41, 5.74) is 1.08. The molecule has 0 saturated heterocycles. The second kappa shape index (κ2) is 2.18. The Morgan fingerprint density at radius 1 is 1.00 bits per heavy atom. The van der Waals surface area contributed by atoms with Crippen LogP contribution in [-0.2, 0) is 0 Å². The van der Waals surface area contributed by atoms with Gasteiger partial charge in [0.15, 0.2) is 0 Å². The average molecular weight is 189 g/mol. The van der Waals surface area contributed by atoms with Crippen molar-refractivity contribution in [2.75, 3.05) is 0 Å². The van der Waals surface area contributed by atoms with E-state index in [-0.39, 0.29) is 5.41 Å². The number of hydrogen-bond acceptors (Lipinski definition) is 1. The fourth-order valence-corrected chi connectivity index (χ4v) is 5.57. The van der Waals surface area contributed by atoms with Gasteiger partial charge in [-0.25, -0.2) is 0 Å². The van der Waals surface area contributed by atoms with E-state index in [1.54, 1.807) is 0 Å². The molecule has 0 aromatic carbocycles. The lowest BCUT2D eigenvalue weighted by Gasteiger charge is -2.63. The van der Waals surface area contributed by atoms with Crippen LogP contribution < -0.4 is 0 Å². The van der Waals surface area contributed by atoms with Crippen LogP contribution in [0.1, 0.15) is 52.4 Å². The van der Waals surface area contributed by atoms with E-state index < -0.39 is 0 Å². The van der Waals surface area contributed by atoms with Crippen LogP contribution in [0.3, 0.4) is 0 Å². The summed E-state index contributed by atoms with van der Waals surface area (Å²) < 4.78 is 0. The second-order valence-corrected chi connectivity index (χ2v) is 7.02. The smallest absolute Gasteiger partial charge is 0.0690 e. The predicted octanol–water partition coefficient (Wildman–Crippen LogP) is 3.51. The molecule has 4 bridgehead atoms. The van der Waals surface area contributed by atoms with Gasteiger partial charge in [-0.15, -0.1) is 0 Å². The summed E-state index contributed by atoms with van der Waals surface area (Å²) in [6, 6.07) is 2.66. The molecule has 0 heterocycles. The Balaban J connectivity index is 2.06. The van der Waals surface area contributed by atoms with Crippen LogP contribution in [0.15, 0.2) is 0 Å². The monoisotopic (exact) mass is 189 g/mol. The largest absolute Gasteiger partial charge is 0.198 e. The highest BCUT2D eigenvalue weighted by Gasteiger charge is 2.60. The lowest BCUT2D eigenvalue weighted by Crippen LogP contribution is -2.54. The first-order valence-electron chi connectivity index (χ1n) is 5.88. The lowest BCUT2D eigenvalue weighted by atomic mass is 9.41. The Bertz CT molecular complexity index is 307. The van der Waals surface area contributed by atoms with Gasteiger partial charge in [-0.3, -0.25) is 0 Å². The predicted molar refractivity (Wildman–Crippen MR) is 55.5 cm³/mol. The van der Waals surface area contributed by atoms with Gasteiger partial charge in [-0.2, -0.15) is 5.26 Å². The standard InChI is InChI=1S/C13H19N/c1-11-3-10-4-12(2,6-11)8-13(5-10,7-11)9-14/h10H,3-8H2,1-2H3. The van der Waals surface area contributed by atoms with Crippen molar-refractivity contribution in [1.82, 2.24) is 0 Å². The minimum absolute atomic E-state index is 0.0723. The number of nitrogens with zero attached hydrogens (tertiary/aromatic N) is 1. The summed E-state index contributed by atoms with van der Waals surface area (Å²) in [4.78, 5) is 0. The van der Waals surface area contributed by atoms with Crippen molar-refractivity contribution in [3.8, 4) is 6.07 Å². The van der Waals surface area contributed by atoms with Gasteiger partial charge in [-0.05, 0) is 55.3 Å². The summed E-state index contributed by atoms with van der Waals surface area (Å²) >= 11 is 0. The first-order chi connectivity index (χ1) is 6.47. The third-order valence-corrected chi connectivity index (χ3v) is 4.86. The second-order valence-electron chi connectivity index (χ2n) is 7.02. The van der Waals surface area contributed by atoms with Gasteiger partial charge in [-0.1, -0.05) is 13.8 Å². The maximum absolute atomic E-state index is 9.41. The molecule has 1 heteroatoms. The minimum Gasteiger partial charge on any atom is -0.198 e. The zero-order chi connectivity index (χ0) is 10.0. The van der Waals surface area contributed by atoms with E-state index in [9.17, 15) is 5.26 Å². The van der Waals surface area contributed by atoms with Gasteiger partial charge in [0.25, 0.3) is 0 Å². The molecule has 2 atom stereocenters. The van der Waals surface area contributed by atoms with Gasteiger partial charge in [0.1, 0.15) is 0 Å². The molecule has 1 nitrogen and oxygen atoms in total. The Kier molecular flexibility index (Phi) is 1.37. The molecule has 14 heavy (non-hydrogen) atoms. The van der Waals surface area contributed by atoms with E-state index in [4.69, 9.17) is 0 Å². The van der Waals surface area contributed by atoms with Gasteiger partial charge < -0.3 is 0 Å². The molecule has 76 valence electrons. The number of nitriles is 1. The Morgan fingerprint density at radius 2 is 1.57 bits per heavy atom. The number of hydrogen-bond donors (Lipinski definition) is 0. The highest BCUT2D eigenvalue weighted by atomic mass is 14.6. The quantitative estimate of drug-likeness (QED) is 0.572. The van der Waals surface area contributed by atoms with Crippen LogP contribution in [0.25, 0.3) is 0 Å². The van der Waals surface area contributed by atoms with Crippen molar-refractivity contribution in [2.24, 2.45) is 22.2 Å². The molecule has 2 unspecified atom stereocenters.